The first-order valence-electron chi connectivity index (χ1n) is 9.46. The minimum atomic E-state index is 0.464. The molecule has 0 aliphatic carbocycles. The molecule has 0 amide bonds. The van der Waals surface area contributed by atoms with Gasteiger partial charge in [0.05, 0.1) is 19.8 Å². The third-order valence-electron chi connectivity index (χ3n) is 4.42. The van der Waals surface area contributed by atoms with Gasteiger partial charge in [-0.05, 0) is 31.2 Å². The third-order valence-corrected chi connectivity index (χ3v) is 4.42. The molecule has 27 heavy (non-hydrogen) atoms. The Bertz CT molecular complexity index is 715. The first-order valence-corrected chi connectivity index (χ1v) is 9.46. The summed E-state index contributed by atoms with van der Waals surface area (Å²) < 4.78 is 11.3. The maximum Gasteiger partial charge on any atom is 0.188 e. The Morgan fingerprint density at radius 2 is 1.81 bits per heavy atom. The van der Waals surface area contributed by atoms with Crippen LogP contribution in [-0.4, -0.2) is 50.3 Å². The Morgan fingerprint density at radius 1 is 1.07 bits per heavy atom. The highest BCUT2D eigenvalue weighted by Gasteiger charge is 2.09. The number of hydrogen-bond donors (Lipinski definition) is 2. The van der Waals surface area contributed by atoms with E-state index in [1.54, 1.807) is 0 Å². The smallest absolute Gasteiger partial charge is 0.188 e. The van der Waals surface area contributed by atoms with Crippen molar-refractivity contribution in [3.8, 4) is 11.5 Å². The number of para-hydroxylation sites is 2. The highest BCUT2D eigenvalue weighted by molar-refractivity contribution is 5.77. The second-order valence-electron chi connectivity index (χ2n) is 6.46. The van der Waals surface area contributed by atoms with E-state index in [1.165, 1.54) is 0 Å². The van der Waals surface area contributed by atoms with E-state index < -0.39 is 0 Å². The second kappa shape index (κ2) is 10.5. The van der Waals surface area contributed by atoms with Crippen LogP contribution in [0.5, 0.6) is 11.5 Å². The fraction of sp³-hybridized carbons (Fsp3) is 0.381. The van der Waals surface area contributed by atoms with Crippen molar-refractivity contribution in [2.75, 3.05) is 39.4 Å². The Balaban J connectivity index is 1.45. The average molecular weight is 368 g/mol. The summed E-state index contributed by atoms with van der Waals surface area (Å²) >= 11 is 0. The molecule has 1 saturated heterocycles. The van der Waals surface area contributed by atoms with Gasteiger partial charge in [-0.15, -0.1) is 0 Å². The summed E-state index contributed by atoms with van der Waals surface area (Å²) in [7, 11) is 0. The number of nitrogens with one attached hydrogen (secondary N) is 1. The molecule has 2 aromatic rings. The molecular weight excluding hydrogens is 340 g/mol. The van der Waals surface area contributed by atoms with Gasteiger partial charge in [-0.25, -0.2) is 4.99 Å². The van der Waals surface area contributed by atoms with Crippen LogP contribution in [0.1, 0.15) is 12.0 Å². The zero-order valence-corrected chi connectivity index (χ0v) is 15.6. The monoisotopic (exact) mass is 368 g/mol. The van der Waals surface area contributed by atoms with Crippen LogP contribution in [-0.2, 0) is 11.3 Å². The molecule has 1 fully saturated rings. The summed E-state index contributed by atoms with van der Waals surface area (Å²) in [6.07, 6.45) is 1.03. The zero-order chi connectivity index (χ0) is 18.7. The van der Waals surface area contributed by atoms with E-state index in [1.807, 2.05) is 54.6 Å². The minimum Gasteiger partial charge on any atom is -0.457 e. The molecule has 0 bridgehead atoms. The highest BCUT2D eigenvalue weighted by atomic mass is 16.5. The quantitative estimate of drug-likeness (QED) is 0.426. The van der Waals surface area contributed by atoms with Crippen molar-refractivity contribution < 1.29 is 9.47 Å². The van der Waals surface area contributed by atoms with Gasteiger partial charge in [0.1, 0.15) is 11.5 Å². The highest BCUT2D eigenvalue weighted by Crippen LogP contribution is 2.25. The number of rotatable bonds is 8. The van der Waals surface area contributed by atoms with E-state index in [0.29, 0.717) is 12.5 Å². The minimum absolute atomic E-state index is 0.464. The summed E-state index contributed by atoms with van der Waals surface area (Å²) in [5.74, 6) is 2.07. The Hall–Kier alpha value is -2.57. The number of nitrogens with zero attached hydrogens (tertiary/aromatic N) is 2. The molecule has 0 radical (unpaired) electrons. The molecule has 0 saturated carbocycles. The maximum atomic E-state index is 6.01. The lowest BCUT2D eigenvalue weighted by Crippen LogP contribution is -2.39. The van der Waals surface area contributed by atoms with Crippen LogP contribution in [0.3, 0.4) is 0 Å². The first-order chi connectivity index (χ1) is 13.3. The molecule has 6 nitrogen and oxygen atoms in total. The van der Waals surface area contributed by atoms with E-state index in [4.69, 9.17) is 15.2 Å². The van der Waals surface area contributed by atoms with Crippen molar-refractivity contribution in [1.82, 2.24) is 10.2 Å². The molecule has 3 N–H and O–H groups in total. The van der Waals surface area contributed by atoms with Crippen LogP contribution < -0.4 is 15.8 Å². The lowest BCUT2D eigenvalue weighted by Gasteiger charge is -2.26. The first kappa shape index (κ1) is 19.2. The Labute approximate surface area is 161 Å². The molecule has 0 spiro atoms. The number of guanidine groups is 1. The van der Waals surface area contributed by atoms with Crippen LogP contribution >= 0.6 is 0 Å². The molecule has 2 aromatic carbocycles. The van der Waals surface area contributed by atoms with Gasteiger partial charge in [0.25, 0.3) is 0 Å². The van der Waals surface area contributed by atoms with E-state index in [2.05, 4.69) is 15.2 Å². The topological polar surface area (TPSA) is 72.1 Å². The van der Waals surface area contributed by atoms with Crippen LogP contribution in [0, 0.1) is 0 Å². The van der Waals surface area contributed by atoms with Gasteiger partial charge in [-0.3, -0.25) is 4.90 Å². The molecular formula is C21H28N4O2. The van der Waals surface area contributed by atoms with Crippen LogP contribution in [0.15, 0.2) is 59.6 Å². The Kier molecular flexibility index (Phi) is 7.50. The van der Waals surface area contributed by atoms with E-state index in [-0.39, 0.29) is 0 Å². The van der Waals surface area contributed by atoms with Gasteiger partial charge in [0.15, 0.2) is 5.96 Å². The Morgan fingerprint density at radius 3 is 2.63 bits per heavy atom. The predicted molar refractivity (Wildman–Crippen MR) is 108 cm³/mol. The summed E-state index contributed by atoms with van der Waals surface area (Å²) in [6.45, 7) is 6.05. The molecule has 1 aliphatic rings. The average Bonchev–Trinajstić information content (AvgIpc) is 2.72. The van der Waals surface area contributed by atoms with Gasteiger partial charge in [0.2, 0.25) is 0 Å². The predicted octanol–water partition coefficient (Wildman–Crippen LogP) is 2.61. The summed E-state index contributed by atoms with van der Waals surface area (Å²) in [4.78, 5) is 6.86. The lowest BCUT2D eigenvalue weighted by atomic mass is 10.2. The molecule has 3 rings (SSSR count). The van der Waals surface area contributed by atoms with E-state index in [9.17, 15) is 0 Å². The van der Waals surface area contributed by atoms with Gasteiger partial charge in [0, 0.05) is 25.2 Å². The van der Waals surface area contributed by atoms with Crippen molar-refractivity contribution in [3.63, 3.8) is 0 Å². The molecule has 6 heteroatoms. The number of benzene rings is 2. The number of aliphatic imine (C=N–C) groups is 1. The molecule has 144 valence electrons. The van der Waals surface area contributed by atoms with Crippen molar-refractivity contribution in [2.24, 2.45) is 10.7 Å². The van der Waals surface area contributed by atoms with E-state index in [0.717, 1.165) is 62.9 Å². The van der Waals surface area contributed by atoms with E-state index >= 15 is 0 Å². The molecule has 0 atom stereocenters. The fourth-order valence-electron chi connectivity index (χ4n) is 2.92. The fourth-order valence-corrected chi connectivity index (χ4v) is 2.92. The van der Waals surface area contributed by atoms with Crippen molar-refractivity contribution in [2.45, 2.75) is 13.0 Å². The number of nitrogens with two attached hydrogens (primary N) is 1. The van der Waals surface area contributed by atoms with Crippen LogP contribution in [0.4, 0.5) is 0 Å². The number of morpholine rings is 1. The van der Waals surface area contributed by atoms with Gasteiger partial charge in [-0.2, -0.15) is 0 Å². The molecule has 1 heterocycles. The zero-order valence-electron chi connectivity index (χ0n) is 15.6. The summed E-state index contributed by atoms with van der Waals surface area (Å²) in [5.41, 5.74) is 7.01. The SMILES string of the molecule is NC(=NCc1ccccc1Oc1ccccc1)NCCCN1CCOCC1. The number of ether oxygens (including phenoxy) is 2. The summed E-state index contributed by atoms with van der Waals surface area (Å²) in [5, 5.41) is 3.19. The van der Waals surface area contributed by atoms with Gasteiger partial charge in [-0.1, -0.05) is 36.4 Å². The largest absolute Gasteiger partial charge is 0.457 e. The third kappa shape index (κ3) is 6.58. The molecule has 1 aliphatic heterocycles. The maximum absolute atomic E-state index is 6.01. The van der Waals surface area contributed by atoms with Crippen molar-refractivity contribution >= 4 is 5.96 Å². The molecule has 0 unspecified atom stereocenters. The second-order valence-corrected chi connectivity index (χ2v) is 6.46. The van der Waals surface area contributed by atoms with Crippen LogP contribution in [0.2, 0.25) is 0 Å². The normalized spacial score (nSPS) is 15.5. The van der Waals surface area contributed by atoms with Gasteiger partial charge >= 0.3 is 0 Å². The number of hydrogen-bond acceptors (Lipinski definition) is 4. The molecule has 0 aromatic heterocycles. The van der Waals surface area contributed by atoms with Crippen LogP contribution in [0.25, 0.3) is 0 Å². The summed E-state index contributed by atoms with van der Waals surface area (Å²) in [6, 6.07) is 17.6. The van der Waals surface area contributed by atoms with Gasteiger partial charge < -0.3 is 20.5 Å². The van der Waals surface area contributed by atoms with Crippen molar-refractivity contribution in [3.05, 3.63) is 60.2 Å². The standard InChI is InChI=1S/C21H28N4O2/c22-21(23-11-6-12-25-13-15-26-16-14-25)24-17-18-7-4-5-10-20(18)27-19-8-2-1-3-9-19/h1-5,7-10H,6,11-17H2,(H3,22,23,24). The lowest BCUT2D eigenvalue weighted by molar-refractivity contribution is 0.0376. The van der Waals surface area contributed by atoms with Crippen molar-refractivity contribution in [1.29, 1.82) is 0 Å².